The minimum Gasteiger partial charge on any atom is -0.262 e. The van der Waals surface area contributed by atoms with E-state index >= 15 is 0 Å². The van der Waals surface area contributed by atoms with E-state index in [-0.39, 0.29) is 0 Å². The van der Waals surface area contributed by atoms with Crippen molar-refractivity contribution in [3.8, 4) is 0 Å². The Kier molecular flexibility index (Phi) is 2.43. The van der Waals surface area contributed by atoms with Gasteiger partial charge in [-0.2, -0.15) is 5.10 Å². The number of hydrogen-bond donors (Lipinski definition) is 1. The van der Waals surface area contributed by atoms with Crippen molar-refractivity contribution in [2.24, 2.45) is 5.10 Å². The van der Waals surface area contributed by atoms with Crippen LogP contribution in [-0.2, 0) is 0 Å². The maximum Gasteiger partial charge on any atom is 0.146 e. The zero-order chi connectivity index (χ0) is 7.23. The third-order valence-electron chi connectivity index (χ3n) is 0.973. The van der Waals surface area contributed by atoms with Gasteiger partial charge in [-0.25, -0.2) is 4.98 Å². The molecule has 1 aromatic rings. The van der Waals surface area contributed by atoms with E-state index in [1.807, 2.05) is 25.1 Å². The van der Waals surface area contributed by atoms with Crippen molar-refractivity contribution in [1.29, 1.82) is 0 Å². The van der Waals surface area contributed by atoms with Crippen molar-refractivity contribution in [3.05, 3.63) is 24.4 Å². The summed E-state index contributed by atoms with van der Waals surface area (Å²) in [5.41, 5.74) is 2.75. The molecule has 0 aliphatic rings. The first-order chi connectivity index (χ1) is 4.93. The zero-order valence-corrected chi connectivity index (χ0v) is 5.78. The van der Waals surface area contributed by atoms with Crippen LogP contribution in [0, 0.1) is 0 Å². The fraction of sp³-hybridized carbons (Fsp3) is 0.143. The second-order valence-corrected chi connectivity index (χ2v) is 1.71. The molecule has 0 saturated carbocycles. The molecule has 0 aliphatic heterocycles. The quantitative estimate of drug-likeness (QED) is 0.493. The molecule has 0 aliphatic carbocycles. The Morgan fingerprint density at radius 1 is 1.60 bits per heavy atom. The maximum atomic E-state index is 3.99. The highest BCUT2D eigenvalue weighted by Gasteiger charge is 1.83. The molecule has 52 valence electrons. The standard InChI is InChI=1S/C7H9N3/c1-2-9-10-7-5-3-4-6-8-7/h2-6H,1H3,(H,8,10)/b9-2-. The minimum absolute atomic E-state index is 0.764. The number of hydrazone groups is 1. The lowest BCUT2D eigenvalue weighted by molar-refractivity contribution is 1.23. The summed E-state index contributed by atoms with van der Waals surface area (Å²) in [7, 11) is 0. The van der Waals surface area contributed by atoms with E-state index in [0.717, 1.165) is 5.82 Å². The van der Waals surface area contributed by atoms with Gasteiger partial charge in [0.15, 0.2) is 0 Å². The minimum atomic E-state index is 0.764. The van der Waals surface area contributed by atoms with Crippen molar-refractivity contribution < 1.29 is 0 Å². The van der Waals surface area contributed by atoms with Crippen LogP contribution >= 0.6 is 0 Å². The fourth-order valence-corrected chi connectivity index (χ4v) is 0.560. The van der Waals surface area contributed by atoms with Gasteiger partial charge in [0, 0.05) is 12.4 Å². The van der Waals surface area contributed by atoms with Crippen LogP contribution in [0.5, 0.6) is 0 Å². The molecule has 0 fully saturated rings. The molecule has 1 N–H and O–H groups in total. The van der Waals surface area contributed by atoms with Gasteiger partial charge in [-0.15, -0.1) is 0 Å². The van der Waals surface area contributed by atoms with Crippen LogP contribution in [0.1, 0.15) is 6.92 Å². The Morgan fingerprint density at radius 2 is 2.50 bits per heavy atom. The number of pyridine rings is 1. The van der Waals surface area contributed by atoms with Crippen molar-refractivity contribution in [1.82, 2.24) is 4.98 Å². The molecule has 0 atom stereocenters. The summed E-state index contributed by atoms with van der Waals surface area (Å²) in [6.45, 7) is 1.84. The monoisotopic (exact) mass is 135 g/mol. The molecule has 0 aromatic carbocycles. The smallest absolute Gasteiger partial charge is 0.146 e. The molecule has 1 heterocycles. The van der Waals surface area contributed by atoms with Gasteiger partial charge in [-0.05, 0) is 19.1 Å². The van der Waals surface area contributed by atoms with Gasteiger partial charge in [0.2, 0.25) is 0 Å². The normalized spacial score (nSPS) is 10.1. The number of hydrogen-bond acceptors (Lipinski definition) is 3. The summed E-state index contributed by atoms with van der Waals surface area (Å²) in [5.74, 6) is 0.764. The van der Waals surface area contributed by atoms with E-state index in [2.05, 4.69) is 15.5 Å². The highest BCUT2D eigenvalue weighted by atomic mass is 15.3. The summed E-state index contributed by atoms with van der Waals surface area (Å²) in [4.78, 5) is 3.99. The van der Waals surface area contributed by atoms with Gasteiger partial charge in [-0.3, -0.25) is 5.43 Å². The Hall–Kier alpha value is -1.38. The van der Waals surface area contributed by atoms with Crippen molar-refractivity contribution in [2.45, 2.75) is 6.92 Å². The van der Waals surface area contributed by atoms with Crippen LogP contribution < -0.4 is 5.43 Å². The molecular formula is C7H9N3. The lowest BCUT2D eigenvalue weighted by atomic mass is 10.5. The second kappa shape index (κ2) is 3.61. The summed E-state index contributed by atoms with van der Waals surface area (Å²) in [6.07, 6.45) is 3.39. The molecule has 0 amide bonds. The largest absolute Gasteiger partial charge is 0.262 e. The van der Waals surface area contributed by atoms with Crippen LogP contribution in [0.25, 0.3) is 0 Å². The molecule has 3 heteroatoms. The van der Waals surface area contributed by atoms with Crippen molar-refractivity contribution >= 4 is 12.0 Å². The second-order valence-electron chi connectivity index (χ2n) is 1.71. The first kappa shape index (κ1) is 6.74. The number of nitrogens with one attached hydrogen (secondary N) is 1. The number of rotatable bonds is 2. The Morgan fingerprint density at radius 3 is 3.10 bits per heavy atom. The average Bonchev–Trinajstić information content (AvgIpc) is 2.03. The maximum absolute atomic E-state index is 3.99. The molecule has 0 spiro atoms. The molecule has 0 saturated heterocycles. The molecule has 1 aromatic heterocycles. The van der Waals surface area contributed by atoms with Crippen molar-refractivity contribution in [3.63, 3.8) is 0 Å². The summed E-state index contributed by atoms with van der Waals surface area (Å²) in [6, 6.07) is 5.62. The highest BCUT2D eigenvalue weighted by Crippen LogP contribution is 1.97. The van der Waals surface area contributed by atoms with E-state index in [1.165, 1.54) is 0 Å². The first-order valence-corrected chi connectivity index (χ1v) is 3.08. The SMILES string of the molecule is C/C=N\Nc1ccccn1. The number of anilines is 1. The van der Waals surface area contributed by atoms with Crippen LogP contribution in [0.4, 0.5) is 5.82 Å². The Balaban J connectivity index is 2.59. The van der Waals surface area contributed by atoms with Crippen molar-refractivity contribution in [2.75, 3.05) is 5.43 Å². The van der Waals surface area contributed by atoms with Gasteiger partial charge in [0.25, 0.3) is 0 Å². The molecule has 1 rings (SSSR count). The van der Waals surface area contributed by atoms with Crippen LogP contribution in [-0.4, -0.2) is 11.2 Å². The van der Waals surface area contributed by atoms with Gasteiger partial charge < -0.3 is 0 Å². The number of nitrogens with zero attached hydrogens (tertiary/aromatic N) is 2. The predicted octanol–water partition coefficient (Wildman–Crippen LogP) is 1.50. The van der Waals surface area contributed by atoms with Crippen LogP contribution in [0.15, 0.2) is 29.5 Å². The van der Waals surface area contributed by atoms with E-state index in [0.29, 0.717) is 0 Å². The lowest BCUT2D eigenvalue weighted by Crippen LogP contribution is -1.89. The third-order valence-corrected chi connectivity index (χ3v) is 0.973. The van der Waals surface area contributed by atoms with Gasteiger partial charge >= 0.3 is 0 Å². The predicted molar refractivity (Wildman–Crippen MR) is 42.0 cm³/mol. The Bertz CT molecular complexity index is 205. The summed E-state index contributed by atoms with van der Waals surface area (Å²) < 4.78 is 0. The topological polar surface area (TPSA) is 37.3 Å². The Labute approximate surface area is 59.8 Å². The zero-order valence-electron chi connectivity index (χ0n) is 5.78. The highest BCUT2D eigenvalue weighted by molar-refractivity contribution is 5.55. The summed E-state index contributed by atoms with van der Waals surface area (Å²) in [5, 5.41) is 3.80. The van der Waals surface area contributed by atoms with Crippen LogP contribution in [0.3, 0.4) is 0 Å². The average molecular weight is 135 g/mol. The third kappa shape index (κ3) is 1.85. The first-order valence-electron chi connectivity index (χ1n) is 3.08. The number of aromatic nitrogens is 1. The van der Waals surface area contributed by atoms with Gasteiger partial charge in [-0.1, -0.05) is 6.07 Å². The molecule has 10 heavy (non-hydrogen) atoms. The van der Waals surface area contributed by atoms with E-state index < -0.39 is 0 Å². The molecule has 3 nitrogen and oxygen atoms in total. The molecule has 0 unspecified atom stereocenters. The molecule has 0 radical (unpaired) electrons. The van der Waals surface area contributed by atoms with Crippen LogP contribution in [0.2, 0.25) is 0 Å². The van der Waals surface area contributed by atoms with E-state index in [1.54, 1.807) is 12.4 Å². The van der Waals surface area contributed by atoms with Gasteiger partial charge in [0.05, 0.1) is 0 Å². The summed E-state index contributed by atoms with van der Waals surface area (Å²) >= 11 is 0. The van der Waals surface area contributed by atoms with E-state index in [4.69, 9.17) is 0 Å². The fourth-order valence-electron chi connectivity index (χ4n) is 0.560. The lowest BCUT2D eigenvalue weighted by Gasteiger charge is -1.94. The molecular weight excluding hydrogens is 126 g/mol. The van der Waals surface area contributed by atoms with Gasteiger partial charge in [0.1, 0.15) is 5.82 Å². The van der Waals surface area contributed by atoms with E-state index in [9.17, 15) is 0 Å². The molecule has 0 bridgehead atoms.